The van der Waals surface area contributed by atoms with Crippen molar-refractivity contribution >= 4 is 33.0 Å². The van der Waals surface area contributed by atoms with Crippen LogP contribution in [-0.2, 0) is 6.54 Å². The van der Waals surface area contributed by atoms with Crippen LogP contribution in [0, 0.1) is 6.92 Å². The van der Waals surface area contributed by atoms with E-state index in [0.29, 0.717) is 5.75 Å². The van der Waals surface area contributed by atoms with Crippen LogP contribution in [-0.4, -0.2) is 5.11 Å². The van der Waals surface area contributed by atoms with E-state index in [-0.39, 0.29) is 0 Å². The van der Waals surface area contributed by atoms with Gasteiger partial charge in [-0.15, -0.1) is 11.3 Å². The first kappa shape index (κ1) is 11.5. The Bertz CT molecular complexity index is 496. The fourth-order valence-electron chi connectivity index (χ4n) is 1.47. The number of benzene rings is 1. The number of nitrogens with one attached hydrogen (secondary N) is 1. The zero-order chi connectivity index (χ0) is 11.5. The van der Waals surface area contributed by atoms with Crippen molar-refractivity contribution in [2.24, 2.45) is 0 Å². The number of aryl methyl sites for hydroxylation is 1. The van der Waals surface area contributed by atoms with Gasteiger partial charge < -0.3 is 10.4 Å². The van der Waals surface area contributed by atoms with Crippen molar-refractivity contribution in [3.8, 4) is 5.75 Å². The third-order valence-corrected chi connectivity index (χ3v) is 4.27. The fourth-order valence-corrected chi connectivity index (χ4v) is 2.91. The maximum absolute atomic E-state index is 9.30. The molecule has 0 fully saturated rings. The largest absolute Gasteiger partial charge is 0.508 e. The maximum atomic E-state index is 9.30. The SMILES string of the molecule is Cc1cc(O)ccc1NCc1sccc1Br. The van der Waals surface area contributed by atoms with Crippen LogP contribution in [0.4, 0.5) is 5.69 Å². The van der Waals surface area contributed by atoms with E-state index in [1.54, 1.807) is 23.5 Å². The van der Waals surface area contributed by atoms with Gasteiger partial charge in [-0.05, 0) is 58.1 Å². The van der Waals surface area contributed by atoms with Crippen molar-refractivity contribution in [1.29, 1.82) is 0 Å². The van der Waals surface area contributed by atoms with Gasteiger partial charge in [-0.25, -0.2) is 0 Å². The molecule has 0 radical (unpaired) electrons. The molecule has 0 spiro atoms. The zero-order valence-corrected chi connectivity index (χ0v) is 11.2. The number of halogens is 1. The highest BCUT2D eigenvalue weighted by atomic mass is 79.9. The Balaban J connectivity index is 2.08. The number of thiophene rings is 1. The molecule has 0 bridgehead atoms. The van der Waals surface area contributed by atoms with Crippen LogP contribution in [0.1, 0.15) is 10.4 Å². The molecule has 0 aliphatic rings. The van der Waals surface area contributed by atoms with Gasteiger partial charge in [0.15, 0.2) is 0 Å². The Hall–Kier alpha value is -1.00. The minimum atomic E-state index is 0.306. The Morgan fingerprint density at radius 2 is 2.19 bits per heavy atom. The summed E-state index contributed by atoms with van der Waals surface area (Å²) in [7, 11) is 0. The molecule has 0 aliphatic heterocycles. The van der Waals surface area contributed by atoms with Crippen LogP contribution in [0.2, 0.25) is 0 Å². The molecule has 0 amide bonds. The third-order valence-electron chi connectivity index (χ3n) is 2.34. The van der Waals surface area contributed by atoms with E-state index in [1.165, 1.54) is 4.88 Å². The molecular weight excluding hydrogens is 286 g/mol. The molecule has 0 aliphatic carbocycles. The number of phenolic OH excluding ortho intramolecular Hbond substituents is 1. The number of hydrogen-bond donors (Lipinski definition) is 2. The van der Waals surface area contributed by atoms with Crippen LogP contribution < -0.4 is 5.32 Å². The van der Waals surface area contributed by atoms with Gasteiger partial charge in [0.2, 0.25) is 0 Å². The monoisotopic (exact) mass is 297 g/mol. The lowest BCUT2D eigenvalue weighted by Gasteiger charge is -2.09. The summed E-state index contributed by atoms with van der Waals surface area (Å²) in [5.41, 5.74) is 2.10. The lowest BCUT2D eigenvalue weighted by Crippen LogP contribution is -1.99. The summed E-state index contributed by atoms with van der Waals surface area (Å²) in [6.45, 7) is 2.77. The number of rotatable bonds is 3. The molecular formula is C12H12BrNOS. The second-order valence-corrected chi connectivity index (χ2v) is 5.40. The molecule has 16 heavy (non-hydrogen) atoms. The molecule has 4 heteroatoms. The summed E-state index contributed by atoms with van der Waals surface area (Å²) in [5.74, 6) is 0.306. The quantitative estimate of drug-likeness (QED) is 0.835. The van der Waals surface area contributed by atoms with Crippen molar-refractivity contribution in [1.82, 2.24) is 0 Å². The molecule has 1 aromatic carbocycles. The van der Waals surface area contributed by atoms with Crippen molar-refractivity contribution in [2.75, 3.05) is 5.32 Å². The summed E-state index contributed by atoms with van der Waals surface area (Å²) >= 11 is 5.22. The van der Waals surface area contributed by atoms with Crippen LogP contribution in [0.15, 0.2) is 34.1 Å². The minimum absolute atomic E-state index is 0.306. The Morgan fingerprint density at radius 3 is 2.81 bits per heavy atom. The molecule has 1 aromatic heterocycles. The van der Waals surface area contributed by atoms with Gasteiger partial charge in [0.05, 0.1) is 6.54 Å². The minimum Gasteiger partial charge on any atom is -0.508 e. The third kappa shape index (κ3) is 2.57. The Labute approximate surface area is 107 Å². The van der Waals surface area contributed by atoms with E-state index in [9.17, 15) is 5.11 Å². The van der Waals surface area contributed by atoms with Gasteiger partial charge in [-0.1, -0.05) is 0 Å². The molecule has 1 heterocycles. The van der Waals surface area contributed by atoms with Crippen LogP contribution >= 0.6 is 27.3 Å². The summed E-state index contributed by atoms with van der Waals surface area (Å²) in [5, 5.41) is 14.7. The van der Waals surface area contributed by atoms with Crippen LogP contribution in [0.5, 0.6) is 5.75 Å². The van der Waals surface area contributed by atoms with Crippen LogP contribution in [0.3, 0.4) is 0 Å². The average Bonchev–Trinajstić information content (AvgIpc) is 2.63. The van der Waals surface area contributed by atoms with Crippen LogP contribution in [0.25, 0.3) is 0 Å². The zero-order valence-electron chi connectivity index (χ0n) is 8.83. The second kappa shape index (κ2) is 4.89. The first-order valence-electron chi connectivity index (χ1n) is 4.92. The number of hydrogen-bond acceptors (Lipinski definition) is 3. The number of phenols is 1. The maximum Gasteiger partial charge on any atom is 0.115 e. The standard InChI is InChI=1S/C12H12BrNOS/c1-8-6-9(15)2-3-11(8)14-7-12-10(13)4-5-16-12/h2-6,14-15H,7H2,1H3. The van der Waals surface area contributed by atoms with E-state index in [2.05, 4.69) is 26.6 Å². The molecule has 2 N–H and O–H groups in total. The van der Waals surface area contributed by atoms with E-state index in [0.717, 1.165) is 22.3 Å². The first-order valence-corrected chi connectivity index (χ1v) is 6.59. The van der Waals surface area contributed by atoms with E-state index in [1.807, 2.05) is 19.1 Å². The van der Waals surface area contributed by atoms with Crippen molar-refractivity contribution in [3.63, 3.8) is 0 Å². The normalized spacial score (nSPS) is 10.4. The molecule has 0 atom stereocenters. The number of anilines is 1. The topological polar surface area (TPSA) is 32.3 Å². The molecule has 2 nitrogen and oxygen atoms in total. The molecule has 84 valence electrons. The Morgan fingerprint density at radius 1 is 1.38 bits per heavy atom. The smallest absolute Gasteiger partial charge is 0.115 e. The summed E-state index contributed by atoms with van der Waals surface area (Å²) in [4.78, 5) is 1.27. The van der Waals surface area contributed by atoms with E-state index >= 15 is 0 Å². The summed E-state index contributed by atoms with van der Waals surface area (Å²) in [6.07, 6.45) is 0. The fraction of sp³-hybridized carbons (Fsp3) is 0.167. The van der Waals surface area contributed by atoms with Crippen molar-refractivity contribution in [2.45, 2.75) is 13.5 Å². The highest BCUT2D eigenvalue weighted by molar-refractivity contribution is 9.10. The molecule has 0 saturated heterocycles. The van der Waals surface area contributed by atoms with Gasteiger partial charge in [-0.3, -0.25) is 0 Å². The molecule has 0 saturated carbocycles. The lowest BCUT2D eigenvalue weighted by molar-refractivity contribution is 0.475. The summed E-state index contributed by atoms with van der Waals surface area (Å²) < 4.78 is 1.14. The van der Waals surface area contributed by atoms with E-state index < -0.39 is 0 Å². The average molecular weight is 298 g/mol. The highest BCUT2D eigenvalue weighted by Gasteiger charge is 2.03. The van der Waals surface area contributed by atoms with E-state index in [4.69, 9.17) is 0 Å². The molecule has 0 unspecified atom stereocenters. The first-order chi connectivity index (χ1) is 7.66. The predicted molar refractivity (Wildman–Crippen MR) is 72.2 cm³/mol. The van der Waals surface area contributed by atoms with Gasteiger partial charge >= 0.3 is 0 Å². The van der Waals surface area contributed by atoms with Gasteiger partial charge in [-0.2, -0.15) is 0 Å². The summed E-state index contributed by atoms with van der Waals surface area (Å²) in [6, 6.07) is 7.39. The molecule has 2 rings (SSSR count). The number of aromatic hydroxyl groups is 1. The van der Waals surface area contributed by atoms with Crippen molar-refractivity contribution < 1.29 is 5.11 Å². The second-order valence-electron chi connectivity index (χ2n) is 3.54. The van der Waals surface area contributed by atoms with Gasteiger partial charge in [0, 0.05) is 15.0 Å². The van der Waals surface area contributed by atoms with Gasteiger partial charge in [0.1, 0.15) is 5.75 Å². The highest BCUT2D eigenvalue weighted by Crippen LogP contribution is 2.25. The van der Waals surface area contributed by atoms with Crippen molar-refractivity contribution in [3.05, 3.63) is 44.6 Å². The predicted octanol–water partition coefficient (Wildman–Crippen LogP) is 4.14. The molecule has 2 aromatic rings. The van der Waals surface area contributed by atoms with Gasteiger partial charge in [0.25, 0.3) is 0 Å². The lowest BCUT2D eigenvalue weighted by atomic mass is 10.2. The Kier molecular flexibility index (Phi) is 3.51.